The Morgan fingerprint density at radius 1 is 0.793 bits per heavy atom. The molecule has 7 aliphatic rings. The van der Waals surface area contributed by atoms with E-state index in [0.717, 1.165) is 26.1 Å². The van der Waals surface area contributed by atoms with Crippen LogP contribution in [0.4, 0.5) is 0 Å². The van der Waals surface area contributed by atoms with Gasteiger partial charge in [-0.2, -0.15) is 0 Å². The Labute approximate surface area is 350 Å². The van der Waals surface area contributed by atoms with E-state index in [9.17, 15) is 21.6 Å². The van der Waals surface area contributed by atoms with Crippen LogP contribution in [-0.2, 0) is 24.4 Å². The van der Waals surface area contributed by atoms with Crippen molar-refractivity contribution >= 4 is 31.2 Å². The number of hydrogen-bond acceptors (Lipinski definition) is 9. The number of nitrogens with one attached hydrogen (secondary N) is 1. The second-order valence-electron chi connectivity index (χ2n) is 21.5. The molecule has 1 N–H and O–H groups in total. The molecule has 4 saturated carbocycles. The normalized spacial score (nSPS) is 41.2. The summed E-state index contributed by atoms with van der Waals surface area (Å²) in [7, 11) is -4.39. The van der Waals surface area contributed by atoms with E-state index in [1.54, 1.807) is 0 Å². The molecular formula is C47H73N3O6S2. The Morgan fingerprint density at radius 2 is 1.43 bits per heavy atom. The van der Waals surface area contributed by atoms with Crippen molar-refractivity contribution in [3.63, 3.8) is 0 Å². The summed E-state index contributed by atoms with van der Waals surface area (Å²) in [4.78, 5) is 17.0. The van der Waals surface area contributed by atoms with Gasteiger partial charge < -0.3 is 19.9 Å². The van der Waals surface area contributed by atoms with E-state index in [4.69, 9.17) is 4.74 Å². The number of sulfone groups is 2. The zero-order chi connectivity index (χ0) is 41.5. The Balaban J connectivity index is 1.06. The third-order valence-electron chi connectivity index (χ3n) is 18.7. The first-order valence-electron chi connectivity index (χ1n) is 22.8. The summed E-state index contributed by atoms with van der Waals surface area (Å²) in [5.74, 6) is 4.32. The first-order chi connectivity index (χ1) is 27.3. The lowest BCUT2D eigenvalue weighted by Gasteiger charge is -2.72. The fourth-order valence-electron chi connectivity index (χ4n) is 15.5. The number of methoxy groups -OCH3 is 1. The van der Waals surface area contributed by atoms with Crippen LogP contribution in [0.2, 0.25) is 0 Å². The molecule has 11 heteroatoms. The van der Waals surface area contributed by atoms with E-state index in [1.807, 2.05) is 12.1 Å². The van der Waals surface area contributed by atoms with Crippen molar-refractivity contribution < 1.29 is 26.4 Å². The SMILES string of the molecule is COC(=O)c1ccc(C2=CC[C@]3(C)[C@H]4CC[C@@H]5[C@H]6[C@H](C(C)CN7CCS(=O)(=O)CC7)CC[C@]6(NCCN6CCS(=O)(=O)CC6)CC[C@@]5(C)[C@]4(C)CC[C@H]3C2(C)C)cc1. The molecule has 6 fully saturated rings. The van der Waals surface area contributed by atoms with Crippen molar-refractivity contribution in [1.82, 2.24) is 15.1 Å². The molecule has 0 radical (unpaired) electrons. The van der Waals surface area contributed by atoms with Crippen LogP contribution < -0.4 is 5.32 Å². The van der Waals surface area contributed by atoms with Crippen molar-refractivity contribution in [2.45, 2.75) is 105 Å². The number of rotatable bonds is 9. The molecule has 2 aliphatic heterocycles. The number of hydrogen-bond donors (Lipinski definition) is 1. The molecule has 1 aromatic carbocycles. The van der Waals surface area contributed by atoms with Crippen LogP contribution in [0.1, 0.15) is 115 Å². The van der Waals surface area contributed by atoms with Gasteiger partial charge >= 0.3 is 5.97 Å². The summed E-state index contributed by atoms with van der Waals surface area (Å²) in [6, 6.07) is 8.07. The molecule has 324 valence electrons. The predicted molar refractivity (Wildman–Crippen MR) is 233 cm³/mol. The van der Waals surface area contributed by atoms with Crippen LogP contribution in [-0.4, -0.2) is 114 Å². The summed E-state index contributed by atoms with van der Waals surface area (Å²) >= 11 is 0. The second kappa shape index (κ2) is 15.2. The Morgan fingerprint density at radius 3 is 2.07 bits per heavy atom. The number of benzene rings is 1. The van der Waals surface area contributed by atoms with E-state index in [-0.39, 0.29) is 56.2 Å². The predicted octanol–water partition coefficient (Wildman–Crippen LogP) is 6.99. The van der Waals surface area contributed by atoms with E-state index < -0.39 is 19.7 Å². The monoisotopic (exact) mass is 839 g/mol. The maximum atomic E-state index is 12.3. The van der Waals surface area contributed by atoms with Crippen LogP contribution in [0.25, 0.3) is 5.57 Å². The Kier molecular flexibility index (Phi) is 11.3. The van der Waals surface area contributed by atoms with Gasteiger partial charge in [-0.05, 0) is 138 Å². The fourth-order valence-corrected chi connectivity index (χ4v) is 18.1. The zero-order valence-corrected chi connectivity index (χ0v) is 38.3. The van der Waals surface area contributed by atoms with E-state index in [2.05, 4.69) is 74.9 Å². The van der Waals surface area contributed by atoms with E-state index >= 15 is 0 Å². The summed E-state index contributed by atoms with van der Waals surface area (Å²) in [5.41, 5.74) is 3.98. The molecule has 2 heterocycles. The molecule has 2 saturated heterocycles. The quantitative estimate of drug-likeness (QED) is 0.263. The third-order valence-corrected chi connectivity index (χ3v) is 22.0. The average Bonchev–Trinajstić information content (AvgIpc) is 3.56. The molecule has 10 atom stereocenters. The first kappa shape index (κ1) is 42.9. The Bertz CT molecular complexity index is 1960. The molecule has 5 aliphatic carbocycles. The van der Waals surface area contributed by atoms with Crippen molar-refractivity contribution in [3.8, 4) is 0 Å². The minimum absolute atomic E-state index is 0.00279. The molecule has 8 rings (SSSR count). The van der Waals surface area contributed by atoms with Gasteiger partial charge in [-0.1, -0.05) is 59.8 Å². The molecule has 9 nitrogen and oxygen atoms in total. The molecule has 0 spiro atoms. The molecule has 0 bridgehead atoms. The summed E-state index contributed by atoms with van der Waals surface area (Å²) in [6.45, 7) is 20.9. The molecule has 1 unspecified atom stereocenters. The van der Waals surface area contributed by atoms with Crippen molar-refractivity contribution in [2.24, 2.45) is 57.2 Å². The van der Waals surface area contributed by atoms with Gasteiger partial charge in [-0.15, -0.1) is 0 Å². The second-order valence-corrected chi connectivity index (χ2v) is 26.1. The van der Waals surface area contributed by atoms with Gasteiger partial charge in [0, 0.05) is 51.4 Å². The number of carbonyl (C=O) groups is 1. The molecule has 0 amide bonds. The van der Waals surface area contributed by atoms with Gasteiger partial charge in [0.25, 0.3) is 0 Å². The topological polar surface area (TPSA) is 113 Å². The van der Waals surface area contributed by atoms with E-state index in [1.165, 1.54) is 69.6 Å². The molecule has 1 aromatic rings. The largest absolute Gasteiger partial charge is 0.465 e. The van der Waals surface area contributed by atoms with Gasteiger partial charge in [0.1, 0.15) is 0 Å². The number of allylic oxidation sites excluding steroid dienone is 2. The van der Waals surface area contributed by atoms with Crippen LogP contribution in [0, 0.1) is 57.2 Å². The summed E-state index contributed by atoms with van der Waals surface area (Å²) in [5, 5.41) is 4.28. The van der Waals surface area contributed by atoms with Gasteiger partial charge in [-0.3, -0.25) is 0 Å². The Hall–Kier alpha value is -1.79. The minimum atomic E-state index is -2.92. The van der Waals surface area contributed by atoms with Crippen LogP contribution in [0.3, 0.4) is 0 Å². The van der Waals surface area contributed by atoms with Gasteiger partial charge in [-0.25, -0.2) is 21.6 Å². The standard InChI is InChI=1S/C47H73N3O6S2/c1-33(32-50-26-30-58(54,55)31-27-50)36-14-19-47(48-22-23-49-24-28-57(52,53)29-25-49)21-20-45(5)38(41(36)47)12-13-40-44(4)17-15-37(34-8-10-35(11-9-34)42(51)56-7)43(2,3)39(44)16-18-46(40,45)6/h8-11,15,33,36,38-41,48H,12-14,16-32H2,1-7H3/t33?,36-,38+,39-,40+,41+,44-,45+,46+,47-/m0/s1. The highest BCUT2D eigenvalue weighted by Gasteiger charge is 2.70. The van der Waals surface area contributed by atoms with Crippen molar-refractivity contribution in [3.05, 3.63) is 41.5 Å². The van der Waals surface area contributed by atoms with Crippen LogP contribution in [0.5, 0.6) is 0 Å². The number of carbonyl (C=O) groups excluding carboxylic acids is 1. The highest BCUT2D eigenvalue weighted by Crippen LogP contribution is 2.76. The molecule has 0 aromatic heterocycles. The number of nitrogens with zero attached hydrogens (tertiary/aromatic N) is 2. The lowest BCUT2D eigenvalue weighted by atomic mass is 9.33. The number of esters is 1. The van der Waals surface area contributed by atoms with Crippen LogP contribution >= 0.6 is 0 Å². The van der Waals surface area contributed by atoms with Gasteiger partial charge in [0.2, 0.25) is 0 Å². The number of ether oxygens (including phenoxy) is 1. The highest BCUT2D eigenvalue weighted by atomic mass is 32.2. The van der Waals surface area contributed by atoms with Crippen molar-refractivity contribution in [1.29, 1.82) is 0 Å². The lowest BCUT2D eigenvalue weighted by Crippen LogP contribution is -2.68. The fraction of sp³-hybridized carbons (Fsp3) is 0.809. The maximum absolute atomic E-state index is 12.3. The van der Waals surface area contributed by atoms with Gasteiger partial charge in [0.05, 0.1) is 35.7 Å². The zero-order valence-electron chi connectivity index (χ0n) is 36.7. The van der Waals surface area contributed by atoms with Crippen LogP contribution in [0.15, 0.2) is 30.3 Å². The summed E-state index contributed by atoms with van der Waals surface area (Å²) < 4.78 is 54.0. The first-order valence-corrected chi connectivity index (χ1v) is 26.4. The third kappa shape index (κ3) is 7.18. The minimum Gasteiger partial charge on any atom is -0.465 e. The van der Waals surface area contributed by atoms with Crippen molar-refractivity contribution in [2.75, 3.05) is 75.9 Å². The summed E-state index contributed by atoms with van der Waals surface area (Å²) in [6.07, 6.45) is 13.6. The molecule has 58 heavy (non-hydrogen) atoms. The highest BCUT2D eigenvalue weighted by molar-refractivity contribution is 7.91. The van der Waals surface area contributed by atoms with E-state index in [0.29, 0.717) is 67.2 Å². The number of fused-ring (bicyclic) bond motifs is 7. The van der Waals surface area contributed by atoms with Gasteiger partial charge in [0.15, 0.2) is 19.7 Å². The molecular weight excluding hydrogens is 767 g/mol. The smallest absolute Gasteiger partial charge is 0.337 e. The maximum Gasteiger partial charge on any atom is 0.337 e. The average molecular weight is 840 g/mol. The lowest BCUT2D eigenvalue weighted by molar-refractivity contribution is -0.221.